The highest BCUT2D eigenvalue weighted by atomic mass is 16.7. The zero-order chi connectivity index (χ0) is 17.0. The summed E-state index contributed by atoms with van der Waals surface area (Å²) < 4.78 is 21.5. The Labute approximate surface area is 144 Å². The number of hydrogen-bond donors (Lipinski definition) is 0. The number of rotatable bonds is 7. The van der Waals surface area contributed by atoms with Crippen molar-refractivity contribution in [3.8, 4) is 11.5 Å². The molecule has 0 radical (unpaired) electrons. The van der Waals surface area contributed by atoms with Crippen LogP contribution in [-0.2, 0) is 14.9 Å². The number of likely N-dealkylation sites (N-methyl/N-ethyl adjacent to an activating group) is 1. The van der Waals surface area contributed by atoms with Crippen molar-refractivity contribution in [2.45, 2.75) is 43.6 Å². The third-order valence-corrected chi connectivity index (χ3v) is 5.61. The quantitative estimate of drug-likeness (QED) is 0.716. The van der Waals surface area contributed by atoms with Gasteiger partial charge in [-0.15, -0.1) is 0 Å². The first-order chi connectivity index (χ1) is 11.7. The van der Waals surface area contributed by atoms with E-state index in [2.05, 4.69) is 24.1 Å². The Balaban J connectivity index is 1.92. The first-order valence-corrected chi connectivity index (χ1v) is 8.79. The predicted molar refractivity (Wildman–Crippen MR) is 92.6 cm³/mol. The maximum Gasteiger partial charge on any atom is 0.188 e. The van der Waals surface area contributed by atoms with E-state index in [0.717, 1.165) is 5.75 Å². The van der Waals surface area contributed by atoms with Crippen molar-refractivity contribution in [2.75, 3.05) is 41.4 Å². The Bertz CT molecular complexity index is 546. The number of likely N-dealkylation sites (tertiary alicyclic amines) is 1. The SMILES string of the molecule is COCOc1ccc(C23CCCCC2N(C)CC3)cc1OCOC. The first-order valence-electron chi connectivity index (χ1n) is 8.79. The van der Waals surface area contributed by atoms with E-state index >= 15 is 0 Å². The third-order valence-electron chi connectivity index (χ3n) is 5.61. The van der Waals surface area contributed by atoms with Crippen LogP contribution in [0.25, 0.3) is 0 Å². The highest BCUT2D eigenvalue weighted by molar-refractivity contribution is 5.46. The number of benzene rings is 1. The van der Waals surface area contributed by atoms with Crippen LogP contribution in [0.1, 0.15) is 37.7 Å². The lowest BCUT2D eigenvalue weighted by Crippen LogP contribution is -2.43. The standard InChI is InChI=1S/C19H29NO4/c1-20-11-10-19(9-5-4-6-18(19)20)15-7-8-16(23-13-21-2)17(12-15)24-14-22-3/h7-8,12,18H,4-6,9-11,13-14H2,1-3H3. The number of methoxy groups -OCH3 is 2. The molecule has 2 fully saturated rings. The molecule has 1 aliphatic heterocycles. The van der Waals surface area contributed by atoms with Gasteiger partial charge in [-0.2, -0.15) is 0 Å². The zero-order valence-electron chi connectivity index (χ0n) is 15.0. The van der Waals surface area contributed by atoms with E-state index in [0.29, 0.717) is 11.8 Å². The molecule has 1 aliphatic carbocycles. The van der Waals surface area contributed by atoms with E-state index in [4.69, 9.17) is 18.9 Å². The summed E-state index contributed by atoms with van der Waals surface area (Å²) in [5, 5.41) is 0. The van der Waals surface area contributed by atoms with Crippen molar-refractivity contribution < 1.29 is 18.9 Å². The molecule has 1 saturated carbocycles. The molecule has 1 heterocycles. The van der Waals surface area contributed by atoms with E-state index in [1.807, 2.05) is 6.07 Å². The van der Waals surface area contributed by atoms with Crippen LogP contribution < -0.4 is 9.47 Å². The van der Waals surface area contributed by atoms with Gasteiger partial charge in [-0.05, 0) is 50.6 Å². The van der Waals surface area contributed by atoms with Crippen molar-refractivity contribution in [1.82, 2.24) is 4.90 Å². The van der Waals surface area contributed by atoms with E-state index in [1.54, 1.807) is 14.2 Å². The van der Waals surface area contributed by atoms with Crippen LogP contribution in [0.15, 0.2) is 18.2 Å². The van der Waals surface area contributed by atoms with Crippen molar-refractivity contribution in [2.24, 2.45) is 0 Å². The highest BCUT2D eigenvalue weighted by Crippen LogP contribution is 2.49. The maximum atomic E-state index is 5.77. The summed E-state index contributed by atoms with van der Waals surface area (Å²) in [4.78, 5) is 2.53. The summed E-state index contributed by atoms with van der Waals surface area (Å²) in [6.45, 7) is 1.59. The lowest BCUT2D eigenvalue weighted by Gasteiger charge is -2.42. The minimum absolute atomic E-state index is 0.208. The number of hydrogen-bond acceptors (Lipinski definition) is 5. The molecular formula is C19H29NO4. The van der Waals surface area contributed by atoms with Crippen molar-refractivity contribution >= 4 is 0 Å². The second-order valence-corrected chi connectivity index (χ2v) is 6.91. The summed E-state index contributed by atoms with van der Waals surface area (Å²) in [7, 11) is 5.50. The van der Waals surface area contributed by atoms with Crippen LogP contribution in [-0.4, -0.2) is 52.3 Å². The number of fused-ring (bicyclic) bond motifs is 1. The molecule has 1 aromatic rings. The van der Waals surface area contributed by atoms with E-state index in [-0.39, 0.29) is 19.0 Å². The van der Waals surface area contributed by atoms with Crippen LogP contribution in [0.3, 0.4) is 0 Å². The van der Waals surface area contributed by atoms with Gasteiger partial charge < -0.3 is 23.8 Å². The van der Waals surface area contributed by atoms with Gasteiger partial charge in [-0.3, -0.25) is 0 Å². The molecule has 24 heavy (non-hydrogen) atoms. The summed E-state index contributed by atoms with van der Waals surface area (Å²) in [5.41, 5.74) is 1.62. The molecule has 1 aromatic carbocycles. The molecule has 1 saturated heterocycles. The fraction of sp³-hybridized carbons (Fsp3) is 0.684. The second-order valence-electron chi connectivity index (χ2n) is 6.91. The van der Waals surface area contributed by atoms with Gasteiger partial charge in [-0.25, -0.2) is 0 Å². The van der Waals surface area contributed by atoms with Crippen LogP contribution in [0, 0.1) is 0 Å². The largest absolute Gasteiger partial charge is 0.464 e. The minimum atomic E-state index is 0.208. The van der Waals surface area contributed by atoms with Gasteiger partial charge >= 0.3 is 0 Å². The van der Waals surface area contributed by atoms with Crippen molar-refractivity contribution in [3.63, 3.8) is 0 Å². The van der Waals surface area contributed by atoms with Crippen molar-refractivity contribution in [3.05, 3.63) is 23.8 Å². The Morgan fingerprint density at radius 2 is 1.79 bits per heavy atom. The summed E-state index contributed by atoms with van der Waals surface area (Å²) in [5.74, 6) is 1.44. The molecule has 0 spiro atoms. The van der Waals surface area contributed by atoms with Crippen LogP contribution in [0.2, 0.25) is 0 Å². The molecule has 3 rings (SSSR count). The molecule has 0 amide bonds. The molecular weight excluding hydrogens is 306 g/mol. The smallest absolute Gasteiger partial charge is 0.188 e. The molecule has 0 bridgehead atoms. The lowest BCUT2D eigenvalue weighted by atomic mass is 9.66. The Morgan fingerprint density at radius 1 is 1.04 bits per heavy atom. The fourth-order valence-corrected chi connectivity index (χ4v) is 4.46. The molecule has 5 nitrogen and oxygen atoms in total. The van der Waals surface area contributed by atoms with Gasteiger partial charge in [0.1, 0.15) is 0 Å². The normalized spacial score (nSPS) is 27.0. The van der Waals surface area contributed by atoms with Gasteiger partial charge in [0.2, 0.25) is 0 Å². The summed E-state index contributed by atoms with van der Waals surface area (Å²) in [6, 6.07) is 7.01. The molecule has 0 N–H and O–H groups in total. The molecule has 134 valence electrons. The number of ether oxygens (including phenoxy) is 4. The summed E-state index contributed by atoms with van der Waals surface area (Å²) in [6.07, 6.45) is 6.40. The predicted octanol–water partition coefficient (Wildman–Crippen LogP) is 3.17. The Morgan fingerprint density at radius 3 is 2.54 bits per heavy atom. The highest BCUT2D eigenvalue weighted by Gasteiger charge is 2.48. The van der Waals surface area contributed by atoms with E-state index < -0.39 is 0 Å². The zero-order valence-corrected chi connectivity index (χ0v) is 15.0. The first kappa shape index (κ1) is 17.5. The van der Waals surface area contributed by atoms with Crippen molar-refractivity contribution in [1.29, 1.82) is 0 Å². The average Bonchev–Trinajstić information content (AvgIpc) is 2.97. The number of nitrogens with zero attached hydrogens (tertiary/aromatic N) is 1. The second kappa shape index (κ2) is 7.72. The molecule has 2 aliphatic rings. The van der Waals surface area contributed by atoms with Crippen LogP contribution >= 0.6 is 0 Å². The van der Waals surface area contributed by atoms with Gasteiger partial charge in [0.05, 0.1) is 0 Å². The molecule has 0 aromatic heterocycles. The van der Waals surface area contributed by atoms with Crippen LogP contribution in [0.4, 0.5) is 0 Å². The van der Waals surface area contributed by atoms with Gasteiger partial charge in [-0.1, -0.05) is 18.9 Å². The van der Waals surface area contributed by atoms with E-state index in [9.17, 15) is 0 Å². The van der Waals surface area contributed by atoms with Crippen LogP contribution in [0.5, 0.6) is 11.5 Å². The Kier molecular flexibility index (Phi) is 5.64. The van der Waals surface area contributed by atoms with Gasteiger partial charge in [0.15, 0.2) is 25.1 Å². The lowest BCUT2D eigenvalue weighted by molar-refractivity contribution is 0.0320. The summed E-state index contributed by atoms with van der Waals surface area (Å²) >= 11 is 0. The monoisotopic (exact) mass is 335 g/mol. The third kappa shape index (κ3) is 3.25. The molecule has 2 atom stereocenters. The topological polar surface area (TPSA) is 40.2 Å². The fourth-order valence-electron chi connectivity index (χ4n) is 4.46. The Hall–Kier alpha value is -1.30. The minimum Gasteiger partial charge on any atom is -0.464 e. The maximum absolute atomic E-state index is 5.77. The van der Waals surface area contributed by atoms with Gasteiger partial charge in [0.25, 0.3) is 0 Å². The average molecular weight is 335 g/mol. The molecule has 2 unspecified atom stereocenters. The molecule has 5 heteroatoms. The van der Waals surface area contributed by atoms with E-state index in [1.165, 1.54) is 44.2 Å². The van der Waals surface area contributed by atoms with Gasteiger partial charge in [0, 0.05) is 25.7 Å².